The van der Waals surface area contributed by atoms with Crippen molar-refractivity contribution in [3.05, 3.63) is 0 Å². The van der Waals surface area contributed by atoms with Crippen molar-refractivity contribution < 1.29 is 0 Å². The lowest BCUT2D eigenvalue weighted by molar-refractivity contribution is 0.185. The first-order chi connectivity index (χ1) is 5.79. The fraction of sp³-hybridized carbons (Fsp3) is 0.889. The molecule has 12 heavy (non-hydrogen) atoms. The summed E-state index contributed by atoms with van der Waals surface area (Å²) in [5, 5.41) is 1.40. The van der Waals surface area contributed by atoms with E-state index in [0.29, 0.717) is 6.04 Å². The van der Waals surface area contributed by atoms with Crippen LogP contribution in [0.1, 0.15) is 12.8 Å². The molecular weight excluding hydrogens is 168 g/mol. The molecule has 2 rings (SSSR count). The van der Waals surface area contributed by atoms with Crippen molar-refractivity contribution in [2.45, 2.75) is 18.9 Å². The molecule has 1 aliphatic carbocycles. The smallest absolute Gasteiger partial charge is 0.0733 e. The first-order valence-electron chi connectivity index (χ1n) is 4.60. The van der Waals surface area contributed by atoms with Crippen LogP contribution >= 0.6 is 11.8 Å². The minimum Gasteiger partial charge on any atom is -0.305 e. The molecule has 0 aromatic rings. The van der Waals surface area contributed by atoms with Crippen molar-refractivity contribution in [2.75, 3.05) is 26.4 Å². The summed E-state index contributed by atoms with van der Waals surface area (Å²) in [6, 6.07) is 0.693. The van der Waals surface area contributed by atoms with Gasteiger partial charge in [-0.1, -0.05) is 0 Å². The number of thioether (sulfide) groups is 1. The van der Waals surface area contributed by atoms with Crippen LogP contribution in [-0.4, -0.2) is 42.4 Å². The molecule has 0 radical (unpaired) electrons. The Labute approximate surface area is 78.4 Å². The molecule has 0 aromatic heterocycles. The van der Waals surface area contributed by atoms with Gasteiger partial charge in [0.25, 0.3) is 0 Å². The zero-order valence-electron chi connectivity index (χ0n) is 7.79. The molecular formula is C9H16N2S. The van der Waals surface area contributed by atoms with E-state index in [-0.39, 0.29) is 0 Å². The topological polar surface area (TPSA) is 15.6 Å². The highest BCUT2D eigenvalue weighted by molar-refractivity contribution is 8.13. The van der Waals surface area contributed by atoms with Crippen molar-refractivity contribution in [3.8, 4) is 0 Å². The van der Waals surface area contributed by atoms with Crippen molar-refractivity contribution in [3.63, 3.8) is 0 Å². The van der Waals surface area contributed by atoms with E-state index in [2.05, 4.69) is 18.2 Å². The Hall–Kier alpha value is -0.0200. The second-order valence-electron chi connectivity index (χ2n) is 3.82. The molecule has 0 unspecified atom stereocenters. The number of nitrogens with zero attached hydrogens (tertiary/aromatic N) is 2. The fourth-order valence-corrected chi connectivity index (χ4v) is 2.30. The van der Waals surface area contributed by atoms with Crippen molar-refractivity contribution in [1.82, 2.24) is 4.90 Å². The Morgan fingerprint density at radius 3 is 2.50 bits per heavy atom. The molecule has 3 heteroatoms. The second kappa shape index (κ2) is 3.38. The van der Waals surface area contributed by atoms with Crippen molar-refractivity contribution in [1.29, 1.82) is 0 Å². The highest BCUT2D eigenvalue weighted by atomic mass is 32.2. The van der Waals surface area contributed by atoms with Gasteiger partial charge in [0, 0.05) is 19.0 Å². The SMILES string of the molecule is CS/C(=N/C1CC1)C1CN(C)C1. The van der Waals surface area contributed by atoms with Gasteiger partial charge in [-0.05, 0) is 26.1 Å². The van der Waals surface area contributed by atoms with Gasteiger partial charge in [-0.25, -0.2) is 0 Å². The Balaban J connectivity index is 1.89. The first-order valence-corrected chi connectivity index (χ1v) is 5.82. The summed E-state index contributed by atoms with van der Waals surface area (Å²) in [7, 11) is 2.17. The maximum absolute atomic E-state index is 4.72. The van der Waals surface area contributed by atoms with Crippen LogP contribution in [-0.2, 0) is 0 Å². The molecule has 0 amide bonds. The number of rotatable bonds is 2. The largest absolute Gasteiger partial charge is 0.305 e. The van der Waals surface area contributed by atoms with Gasteiger partial charge in [0.05, 0.1) is 11.1 Å². The third kappa shape index (κ3) is 1.83. The van der Waals surface area contributed by atoms with Crippen molar-refractivity contribution in [2.24, 2.45) is 10.9 Å². The minimum atomic E-state index is 0.693. The number of hydrogen-bond acceptors (Lipinski definition) is 3. The van der Waals surface area contributed by atoms with Crippen molar-refractivity contribution >= 4 is 16.8 Å². The Morgan fingerprint density at radius 1 is 1.42 bits per heavy atom. The van der Waals surface area contributed by atoms with Crippen LogP contribution < -0.4 is 0 Å². The Morgan fingerprint density at radius 2 is 2.08 bits per heavy atom. The van der Waals surface area contributed by atoms with E-state index in [1.807, 2.05) is 11.8 Å². The summed E-state index contributed by atoms with van der Waals surface area (Å²) in [5.74, 6) is 0.755. The average Bonchev–Trinajstić information content (AvgIpc) is 2.78. The predicted molar refractivity (Wildman–Crippen MR) is 55.0 cm³/mol. The standard InChI is InChI=1S/C9H16N2S/c1-11-5-7(6-11)9(12-2)10-8-3-4-8/h7-8H,3-6H2,1-2H3/b10-9+. The highest BCUT2D eigenvalue weighted by Crippen LogP contribution is 2.28. The van der Waals surface area contributed by atoms with Gasteiger partial charge in [0.15, 0.2) is 0 Å². The predicted octanol–water partition coefficient (Wildman–Crippen LogP) is 1.47. The first kappa shape index (κ1) is 8.57. The lowest BCUT2D eigenvalue weighted by atomic mass is 10.0. The van der Waals surface area contributed by atoms with Crippen LogP contribution in [0, 0.1) is 5.92 Å². The quantitative estimate of drug-likeness (QED) is 0.477. The number of hydrogen-bond donors (Lipinski definition) is 0. The number of likely N-dealkylation sites (tertiary alicyclic amines) is 1. The maximum atomic E-state index is 4.72. The lowest BCUT2D eigenvalue weighted by Gasteiger charge is -2.36. The zero-order valence-corrected chi connectivity index (χ0v) is 8.60. The van der Waals surface area contributed by atoms with Gasteiger partial charge in [-0.15, -0.1) is 11.8 Å². The molecule has 0 atom stereocenters. The molecule has 1 saturated carbocycles. The van der Waals surface area contributed by atoms with Gasteiger partial charge in [0.2, 0.25) is 0 Å². The van der Waals surface area contributed by atoms with E-state index < -0.39 is 0 Å². The van der Waals surface area contributed by atoms with E-state index in [1.165, 1.54) is 31.0 Å². The van der Waals surface area contributed by atoms with Gasteiger partial charge < -0.3 is 4.90 Å². The fourth-order valence-electron chi connectivity index (χ4n) is 1.56. The third-order valence-electron chi connectivity index (χ3n) is 2.48. The highest BCUT2D eigenvalue weighted by Gasteiger charge is 2.30. The normalized spacial score (nSPS) is 27.3. The minimum absolute atomic E-state index is 0.693. The molecule has 0 aromatic carbocycles. The van der Waals surface area contributed by atoms with E-state index >= 15 is 0 Å². The maximum Gasteiger partial charge on any atom is 0.0733 e. The van der Waals surface area contributed by atoms with Crippen LogP contribution in [0.5, 0.6) is 0 Å². The monoisotopic (exact) mass is 184 g/mol. The molecule has 2 fully saturated rings. The van der Waals surface area contributed by atoms with Crippen LogP contribution in [0.4, 0.5) is 0 Å². The molecule has 1 heterocycles. The van der Waals surface area contributed by atoms with Crippen LogP contribution in [0.25, 0.3) is 0 Å². The summed E-state index contributed by atoms with van der Waals surface area (Å²) >= 11 is 1.85. The number of aliphatic imine (C=N–C) groups is 1. The van der Waals surface area contributed by atoms with Crippen LogP contribution in [0.3, 0.4) is 0 Å². The van der Waals surface area contributed by atoms with E-state index in [4.69, 9.17) is 4.99 Å². The summed E-state index contributed by atoms with van der Waals surface area (Å²) in [6.45, 7) is 2.43. The molecule has 2 nitrogen and oxygen atoms in total. The third-order valence-corrected chi connectivity index (χ3v) is 3.34. The Kier molecular flexibility index (Phi) is 2.42. The summed E-state index contributed by atoms with van der Waals surface area (Å²) < 4.78 is 0. The van der Waals surface area contributed by atoms with Crippen LogP contribution in [0.2, 0.25) is 0 Å². The van der Waals surface area contributed by atoms with Crippen LogP contribution in [0.15, 0.2) is 4.99 Å². The summed E-state index contributed by atoms with van der Waals surface area (Å²) in [6.07, 6.45) is 4.80. The zero-order chi connectivity index (χ0) is 8.55. The van der Waals surface area contributed by atoms with Gasteiger partial charge in [0.1, 0.15) is 0 Å². The van der Waals surface area contributed by atoms with Gasteiger partial charge >= 0.3 is 0 Å². The molecule has 0 spiro atoms. The second-order valence-corrected chi connectivity index (χ2v) is 4.65. The van der Waals surface area contributed by atoms with E-state index in [1.54, 1.807) is 0 Å². The van der Waals surface area contributed by atoms with E-state index in [9.17, 15) is 0 Å². The lowest BCUT2D eigenvalue weighted by Crippen LogP contribution is -2.47. The van der Waals surface area contributed by atoms with E-state index in [0.717, 1.165) is 5.92 Å². The average molecular weight is 184 g/mol. The summed E-state index contributed by atoms with van der Waals surface area (Å²) in [5.41, 5.74) is 0. The molecule has 2 aliphatic rings. The molecule has 0 bridgehead atoms. The van der Waals surface area contributed by atoms with Gasteiger partial charge in [-0.3, -0.25) is 4.99 Å². The molecule has 68 valence electrons. The molecule has 1 aliphatic heterocycles. The van der Waals surface area contributed by atoms with Gasteiger partial charge in [-0.2, -0.15) is 0 Å². The molecule has 0 N–H and O–H groups in total. The summed E-state index contributed by atoms with van der Waals surface area (Å²) in [4.78, 5) is 7.07. The Bertz CT molecular complexity index is 193. The molecule has 1 saturated heterocycles.